The zero-order valence-electron chi connectivity index (χ0n) is 17.4. The van der Waals surface area contributed by atoms with Crippen LogP contribution in [0.3, 0.4) is 0 Å². The maximum Gasteiger partial charge on any atom is 0.291 e. The van der Waals surface area contributed by atoms with Gasteiger partial charge < -0.3 is 23.5 Å². The van der Waals surface area contributed by atoms with Crippen LogP contribution in [-0.4, -0.2) is 59.7 Å². The Morgan fingerprint density at radius 1 is 1.09 bits per heavy atom. The molecule has 3 aromatic rings. The average Bonchev–Trinajstić information content (AvgIpc) is 3.16. The number of furan rings is 1. The number of benzene rings is 2. The molecule has 1 saturated heterocycles. The van der Waals surface area contributed by atoms with Crippen molar-refractivity contribution < 1.29 is 36.2 Å². The molecule has 4 rings (SSSR count). The van der Waals surface area contributed by atoms with Gasteiger partial charge in [-0.2, -0.15) is 0 Å². The number of methoxy groups -OCH3 is 2. The summed E-state index contributed by atoms with van der Waals surface area (Å²) in [6, 6.07) is 8.53. The van der Waals surface area contributed by atoms with E-state index in [0.29, 0.717) is 37.3 Å². The standard InChI is InChI=1S/C21H21FN2O7S/c1-28-16-11-14(22)18(12-17(16)29-2)32(26,27)23-19-13-5-3-4-6-15(13)31-20(19)21(25)24-7-9-30-10-8-24/h3-6,11-12,23H,7-10H2,1-2H3. The highest BCUT2D eigenvalue weighted by Crippen LogP contribution is 2.36. The Balaban J connectivity index is 1.79. The molecule has 0 saturated carbocycles. The van der Waals surface area contributed by atoms with Gasteiger partial charge in [0.15, 0.2) is 11.5 Å². The van der Waals surface area contributed by atoms with Crippen molar-refractivity contribution in [2.75, 3.05) is 45.2 Å². The summed E-state index contributed by atoms with van der Waals surface area (Å²) in [6.45, 7) is 1.41. The molecular weight excluding hydrogens is 443 g/mol. The lowest BCUT2D eigenvalue weighted by Gasteiger charge is -2.26. The summed E-state index contributed by atoms with van der Waals surface area (Å²) in [5, 5.41) is 0.369. The maximum absolute atomic E-state index is 14.7. The number of nitrogens with one attached hydrogen (secondary N) is 1. The molecule has 2 heterocycles. The van der Waals surface area contributed by atoms with Crippen LogP contribution in [0.1, 0.15) is 10.6 Å². The predicted octanol–water partition coefficient (Wildman–Crippen LogP) is 2.86. The number of amides is 1. The largest absolute Gasteiger partial charge is 0.493 e. The van der Waals surface area contributed by atoms with Gasteiger partial charge in [0, 0.05) is 30.6 Å². The first-order valence-corrected chi connectivity index (χ1v) is 11.2. The lowest BCUT2D eigenvalue weighted by atomic mass is 10.2. The second-order valence-corrected chi connectivity index (χ2v) is 8.60. The number of ether oxygens (including phenoxy) is 3. The molecule has 32 heavy (non-hydrogen) atoms. The highest BCUT2D eigenvalue weighted by Gasteiger charge is 2.31. The third-order valence-corrected chi connectivity index (χ3v) is 6.42. The molecule has 0 aliphatic carbocycles. The molecule has 0 atom stereocenters. The molecule has 9 nitrogen and oxygen atoms in total. The Labute approximate surface area is 183 Å². The monoisotopic (exact) mass is 464 g/mol. The quantitative estimate of drug-likeness (QED) is 0.598. The molecule has 0 unspecified atom stereocenters. The van der Waals surface area contributed by atoms with E-state index in [1.807, 2.05) is 0 Å². The number of morpholine rings is 1. The predicted molar refractivity (Wildman–Crippen MR) is 113 cm³/mol. The highest BCUT2D eigenvalue weighted by atomic mass is 32.2. The Hall–Kier alpha value is -3.31. The van der Waals surface area contributed by atoms with Gasteiger partial charge in [-0.15, -0.1) is 0 Å². The number of fused-ring (bicyclic) bond motifs is 1. The summed E-state index contributed by atoms with van der Waals surface area (Å²) >= 11 is 0. The number of para-hydroxylation sites is 1. The molecule has 0 spiro atoms. The lowest BCUT2D eigenvalue weighted by molar-refractivity contribution is 0.0285. The number of rotatable bonds is 6. The number of anilines is 1. The number of carbonyl (C=O) groups excluding carboxylic acids is 1. The lowest BCUT2D eigenvalue weighted by Crippen LogP contribution is -2.40. The molecule has 1 aromatic heterocycles. The molecule has 1 aliphatic heterocycles. The summed E-state index contributed by atoms with van der Waals surface area (Å²) in [6.07, 6.45) is 0. The normalized spacial score (nSPS) is 14.4. The molecule has 1 aliphatic rings. The minimum atomic E-state index is -4.47. The van der Waals surface area contributed by atoms with E-state index in [1.165, 1.54) is 19.1 Å². The van der Waals surface area contributed by atoms with Crippen molar-refractivity contribution in [2.24, 2.45) is 0 Å². The molecule has 1 N–H and O–H groups in total. The van der Waals surface area contributed by atoms with Gasteiger partial charge in [0.1, 0.15) is 22.0 Å². The van der Waals surface area contributed by atoms with Crippen LogP contribution in [0.4, 0.5) is 10.1 Å². The van der Waals surface area contributed by atoms with Crippen LogP contribution in [-0.2, 0) is 14.8 Å². The van der Waals surface area contributed by atoms with Crippen molar-refractivity contribution >= 4 is 32.6 Å². The first-order valence-electron chi connectivity index (χ1n) is 9.68. The zero-order chi connectivity index (χ0) is 22.9. The molecule has 0 radical (unpaired) electrons. The summed E-state index contributed by atoms with van der Waals surface area (Å²) in [4.78, 5) is 13.9. The molecule has 2 aromatic carbocycles. The summed E-state index contributed by atoms with van der Waals surface area (Å²) < 4.78 is 64.4. The third-order valence-electron chi connectivity index (χ3n) is 5.05. The van der Waals surface area contributed by atoms with Crippen molar-refractivity contribution in [3.8, 4) is 11.5 Å². The number of hydrogen-bond donors (Lipinski definition) is 1. The van der Waals surface area contributed by atoms with E-state index < -0.39 is 26.6 Å². The number of carbonyl (C=O) groups is 1. The molecule has 11 heteroatoms. The van der Waals surface area contributed by atoms with Crippen LogP contribution in [0.15, 0.2) is 45.7 Å². The minimum absolute atomic E-state index is 0.0379. The number of halogens is 1. The summed E-state index contributed by atoms with van der Waals surface area (Å²) in [7, 11) is -1.85. The zero-order valence-corrected chi connectivity index (χ0v) is 18.2. The van der Waals surface area contributed by atoms with Crippen molar-refractivity contribution in [2.45, 2.75) is 4.90 Å². The van der Waals surface area contributed by atoms with Crippen molar-refractivity contribution in [1.82, 2.24) is 4.90 Å². The second kappa shape index (κ2) is 8.67. The smallest absolute Gasteiger partial charge is 0.291 e. The van der Waals surface area contributed by atoms with Gasteiger partial charge in [-0.1, -0.05) is 12.1 Å². The molecule has 1 amide bonds. The SMILES string of the molecule is COc1cc(F)c(S(=O)(=O)Nc2c(C(=O)N3CCOCC3)oc3ccccc23)cc1OC. The highest BCUT2D eigenvalue weighted by molar-refractivity contribution is 7.92. The molecular formula is C21H21FN2O7S. The van der Waals surface area contributed by atoms with Gasteiger partial charge in [0.05, 0.1) is 27.4 Å². The maximum atomic E-state index is 14.7. The average molecular weight is 464 g/mol. The Morgan fingerprint density at radius 3 is 2.44 bits per heavy atom. The van der Waals surface area contributed by atoms with E-state index in [2.05, 4.69) is 4.72 Å². The van der Waals surface area contributed by atoms with Gasteiger partial charge in [-0.05, 0) is 12.1 Å². The van der Waals surface area contributed by atoms with Gasteiger partial charge >= 0.3 is 0 Å². The van der Waals surface area contributed by atoms with Gasteiger partial charge in [0.25, 0.3) is 15.9 Å². The van der Waals surface area contributed by atoms with E-state index in [0.717, 1.165) is 12.1 Å². The van der Waals surface area contributed by atoms with Crippen LogP contribution in [0.5, 0.6) is 11.5 Å². The number of sulfonamides is 1. The van der Waals surface area contributed by atoms with Gasteiger partial charge in [-0.3, -0.25) is 9.52 Å². The van der Waals surface area contributed by atoms with Crippen molar-refractivity contribution in [3.05, 3.63) is 48.0 Å². The van der Waals surface area contributed by atoms with E-state index in [1.54, 1.807) is 24.3 Å². The van der Waals surface area contributed by atoms with Crippen LogP contribution < -0.4 is 14.2 Å². The number of hydrogen-bond acceptors (Lipinski definition) is 7. The Morgan fingerprint density at radius 2 is 1.75 bits per heavy atom. The molecule has 170 valence electrons. The second-order valence-electron chi connectivity index (χ2n) is 6.95. The summed E-state index contributed by atoms with van der Waals surface area (Å²) in [5.74, 6) is -1.63. The minimum Gasteiger partial charge on any atom is -0.493 e. The first-order chi connectivity index (χ1) is 15.4. The number of nitrogens with zero attached hydrogens (tertiary/aromatic N) is 1. The Bertz CT molecular complexity index is 1270. The Kier molecular flexibility index (Phi) is 5.94. The topological polar surface area (TPSA) is 107 Å². The first kappa shape index (κ1) is 21.9. The molecule has 0 bridgehead atoms. The fourth-order valence-electron chi connectivity index (χ4n) is 3.44. The van der Waals surface area contributed by atoms with E-state index in [4.69, 9.17) is 18.6 Å². The van der Waals surface area contributed by atoms with Gasteiger partial charge in [0.2, 0.25) is 5.76 Å². The van der Waals surface area contributed by atoms with Crippen LogP contribution >= 0.6 is 0 Å². The van der Waals surface area contributed by atoms with Crippen LogP contribution in [0, 0.1) is 5.82 Å². The van der Waals surface area contributed by atoms with Crippen LogP contribution in [0.2, 0.25) is 0 Å². The van der Waals surface area contributed by atoms with Gasteiger partial charge in [-0.25, -0.2) is 12.8 Å². The van der Waals surface area contributed by atoms with E-state index >= 15 is 0 Å². The fraction of sp³-hybridized carbons (Fsp3) is 0.286. The summed E-state index contributed by atoms with van der Waals surface area (Å²) in [5.41, 5.74) is 0.251. The van der Waals surface area contributed by atoms with E-state index in [9.17, 15) is 17.6 Å². The van der Waals surface area contributed by atoms with Crippen molar-refractivity contribution in [1.29, 1.82) is 0 Å². The van der Waals surface area contributed by atoms with Crippen molar-refractivity contribution in [3.63, 3.8) is 0 Å². The fourth-order valence-corrected chi connectivity index (χ4v) is 4.60. The van der Waals surface area contributed by atoms with Crippen LogP contribution in [0.25, 0.3) is 11.0 Å². The third kappa shape index (κ3) is 3.96. The van der Waals surface area contributed by atoms with E-state index in [-0.39, 0.29) is 22.9 Å². The molecule has 1 fully saturated rings.